The molecule has 0 spiro atoms. The molecule has 1 aliphatic rings. The molecular weight excluding hydrogens is 364 g/mol. The molecule has 8 nitrogen and oxygen atoms in total. The summed E-state index contributed by atoms with van der Waals surface area (Å²) in [6.07, 6.45) is 0. The first-order valence-corrected chi connectivity index (χ1v) is 8.38. The van der Waals surface area contributed by atoms with Crippen LogP contribution in [0.25, 0.3) is 0 Å². The summed E-state index contributed by atoms with van der Waals surface area (Å²) in [5.41, 5.74) is 1.42. The molecule has 0 unspecified atom stereocenters. The number of benzene rings is 2. The lowest BCUT2D eigenvalue weighted by Gasteiger charge is -2.15. The van der Waals surface area contributed by atoms with Crippen molar-refractivity contribution < 1.29 is 28.7 Å². The molecule has 0 aliphatic carbocycles. The molecule has 0 fully saturated rings. The number of esters is 1. The number of fused-ring (bicyclic) bond motifs is 1. The van der Waals surface area contributed by atoms with Crippen molar-refractivity contribution in [3.8, 4) is 0 Å². The lowest BCUT2D eigenvalue weighted by atomic mass is 10.1. The first kappa shape index (κ1) is 19.0. The van der Waals surface area contributed by atoms with Gasteiger partial charge in [0, 0.05) is 18.2 Å². The summed E-state index contributed by atoms with van der Waals surface area (Å²) in [7, 11) is 0. The van der Waals surface area contributed by atoms with Gasteiger partial charge in [-0.3, -0.25) is 28.9 Å². The number of Topliss-reactive ketones (excluding diaryl/α,β-unsaturated/α-hetero) is 2. The van der Waals surface area contributed by atoms with Crippen LogP contribution in [0.4, 0.5) is 11.4 Å². The number of nitrogens with one attached hydrogen (secondary N) is 1. The molecule has 0 saturated heterocycles. The van der Waals surface area contributed by atoms with E-state index in [2.05, 4.69) is 5.32 Å². The number of hydrogen-bond donors (Lipinski definition) is 1. The van der Waals surface area contributed by atoms with E-state index < -0.39 is 36.6 Å². The largest absolute Gasteiger partial charge is 0.456 e. The molecule has 1 heterocycles. The number of carbonyl (C=O) groups excluding carboxylic acids is 5. The van der Waals surface area contributed by atoms with E-state index in [0.29, 0.717) is 16.9 Å². The van der Waals surface area contributed by atoms with Crippen molar-refractivity contribution in [1.29, 1.82) is 0 Å². The molecule has 8 heteroatoms. The minimum Gasteiger partial charge on any atom is -0.456 e. The van der Waals surface area contributed by atoms with Gasteiger partial charge in [-0.1, -0.05) is 12.1 Å². The standard InChI is InChI=1S/C20H16N2O6/c1-12(23)21-14-8-6-13(7-9-14)17(24)11-28-18(25)10-22-16-5-3-2-4-15(16)19(26)20(22)27/h2-9H,10-11H2,1H3,(H,21,23). The normalized spacial score (nSPS) is 12.5. The molecule has 3 rings (SSSR count). The first-order chi connectivity index (χ1) is 13.4. The number of hydrogen-bond acceptors (Lipinski definition) is 6. The summed E-state index contributed by atoms with van der Waals surface area (Å²) in [6, 6.07) is 12.5. The fourth-order valence-corrected chi connectivity index (χ4v) is 2.75. The summed E-state index contributed by atoms with van der Waals surface area (Å²) in [5.74, 6) is -2.96. The lowest BCUT2D eigenvalue weighted by molar-refractivity contribution is -0.141. The topological polar surface area (TPSA) is 110 Å². The summed E-state index contributed by atoms with van der Waals surface area (Å²) >= 11 is 0. The van der Waals surface area contributed by atoms with Crippen LogP contribution in [0, 0.1) is 0 Å². The fourth-order valence-electron chi connectivity index (χ4n) is 2.75. The van der Waals surface area contributed by atoms with Crippen molar-refractivity contribution in [3.63, 3.8) is 0 Å². The SMILES string of the molecule is CC(=O)Nc1ccc(C(=O)COC(=O)CN2C(=O)C(=O)c3ccccc32)cc1. The van der Waals surface area contributed by atoms with Gasteiger partial charge in [0.25, 0.3) is 11.7 Å². The molecule has 142 valence electrons. The maximum Gasteiger partial charge on any atom is 0.326 e. The van der Waals surface area contributed by atoms with Crippen LogP contribution >= 0.6 is 0 Å². The Hall–Kier alpha value is -3.81. The van der Waals surface area contributed by atoms with Gasteiger partial charge >= 0.3 is 5.97 Å². The van der Waals surface area contributed by atoms with Crippen LogP contribution in [-0.2, 0) is 19.1 Å². The van der Waals surface area contributed by atoms with E-state index in [1.165, 1.54) is 25.1 Å². The highest BCUT2D eigenvalue weighted by Gasteiger charge is 2.36. The predicted molar refractivity (Wildman–Crippen MR) is 99.2 cm³/mol. The third-order valence-corrected chi connectivity index (χ3v) is 4.06. The summed E-state index contributed by atoms with van der Waals surface area (Å²) in [4.78, 5) is 60.1. The smallest absolute Gasteiger partial charge is 0.326 e. The Balaban J connectivity index is 1.57. The molecule has 1 N–H and O–H groups in total. The Morgan fingerprint density at radius 1 is 1.00 bits per heavy atom. The first-order valence-electron chi connectivity index (χ1n) is 8.38. The molecule has 0 saturated carbocycles. The predicted octanol–water partition coefficient (Wildman–Crippen LogP) is 1.60. The van der Waals surface area contributed by atoms with Gasteiger partial charge in [-0.15, -0.1) is 0 Å². The molecule has 0 atom stereocenters. The van der Waals surface area contributed by atoms with Crippen molar-refractivity contribution in [1.82, 2.24) is 0 Å². The zero-order valence-electron chi connectivity index (χ0n) is 14.9. The molecule has 1 aliphatic heterocycles. The van der Waals surface area contributed by atoms with Crippen LogP contribution in [0.15, 0.2) is 48.5 Å². The molecule has 2 aromatic carbocycles. The molecule has 0 bridgehead atoms. The van der Waals surface area contributed by atoms with E-state index in [1.54, 1.807) is 30.3 Å². The fraction of sp³-hybridized carbons (Fsp3) is 0.150. The maximum absolute atomic E-state index is 12.1. The third kappa shape index (κ3) is 3.96. The number of ketones is 2. The van der Waals surface area contributed by atoms with E-state index in [4.69, 9.17) is 4.74 Å². The molecule has 28 heavy (non-hydrogen) atoms. The third-order valence-electron chi connectivity index (χ3n) is 4.06. The van der Waals surface area contributed by atoms with Crippen LogP contribution < -0.4 is 10.2 Å². The number of nitrogens with zero attached hydrogens (tertiary/aromatic N) is 1. The van der Waals surface area contributed by atoms with Crippen LogP contribution in [0.2, 0.25) is 0 Å². The summed E-state index contributed by atoms with van der Waals surface area (Å²) < 4.78 is 4.95. The van der Waals surface area contributed by atoms with Gasteiger partial charge in [0.15, 0.2) is 12.4 Å². The molecule has 2 amide bonds. The van der Waals surface area contributed by atoms with Crippen LogP contribution in [0.5, 0.6) is 0 Å². The monoisotopic (exact) mass is 380 g/mol. The van der Waals surface area contributed by atoms with E-state index in [0.717, 1.165) is 4.90 Å². The number of amides is 2. The highest BCUT2D eigenvalue weighted by Crippen LogP contribution is 2.28. The van der Waals surface area contributed by atoms with E-state index in [9.17, 15) is 24.0 Å². The number of anilines is 2. The van der Waals surface area contributed by atoms with Crippen LogP contribution in [-0.4, -0.2) is 42.5 Å². The number of para-hydroxylation sites is 1. The molecule has 0 aromatic heterocycles. The number of carbonyl (C=O) groups is 5. The zero-order chi connectivity index (χ0) is 20.3. The van der Waals surface area contributed by atoms with Gasteiger partial charge in [-0.25, -0.2) is 0 Å². The van der Waals surface area contributed by atoms with Gasteiger partial charge in [-0.2, -0.15) is 0 Å². The van der Waals surface area contributed by atoms with Gasteiger partial charge in [0.05, 0.1) is 11.3 Å². The minimum absolute atomic E-state index is 0.232. The summed E-state index contributed by atoms with van der Waals surface area (Å²) in [5, 5.41) is 2.58. The molecule has 2 aromatic rings. The molecular formula is C20H16N2O6. The van der Waals surface area contributed by atoms with Crippen molar-refractivity contribution >= 4 is 40.7 Å². The van der Waals surface area contributed by atoms with Crippen LogP contribution in [0.1, 0.15) is 27.6 Å². The van der Waals surface area contributed by atoms with E-state index in [1.807, 2.05) is 0 Å². The van der Waals surface area contributed by atoms with Crippen molar-refractivity contribution in [3.05, 3.63) is 59.7 Å². The number of rotatable bonds is 6. The highest BCUT2D eigenvalue weighted by molar-refractivity contribution is 6.52. The Kier molecular flexibility index (Phi) is 5.30. The summed E-state index contributed by atoms with van der Waals surface area (Å²) in [6.45, 7) is 0.405. The van der Waals surface area contributed by atoms with Crippen molar-refractivity contribution in [2.75, 3.05) is 23.4 Å². The van der Waals surface area contributed by atoms with Crippen LogP contribution in [0.3, 0.4) is 0 Å². The Morgan fingerprint density at radius 3 is 2.36 bits per heavy atom. The van der Waals surface area contributed by atoms with Crippen molar-refractivity contribution in [2.24, 2.45) is 0 Å². The zero-order valence-corrected chi connectivity index (χ0v) is 14.9. The molecule has 0 radical (unpaired) electrons. The van der Waals surface area contributed by atoms with Gasteiger partial charge < -0.3 is 10.1 Å². The van der Waals surface area contributed by atoms with Gasteiger partial charge in [-0.05, 0) is 36.4 Å². The second-order valence-electron chi connectivity index (χ2n) is 6.08. The van der Waals surface area contributed by atoms with E-state index in [-0.39, 0.29) is 11.5 Å². The second-order valence-corrected chi connectivity index (χ2v) is 6.08. The number of ether oxygens (including phenoxy) is 1. The average Bonchev–Trinajstić information content (AvgIpc) is 2.91. The minimum atomic E-state index is -0.807. The Morgan fingerprint density at radius 2 is 1.68 bits per heavy atom. The highest BCUT2D eigenvalue weighted by atomic mass is 16.5. The Labute approximate surface area is 160 Å². The van der Waals surface area contributed by atoms with Gasteiger partial charge in [0.1, 0.15) is 6.54 Å². The quantitative estimate of drug-likeness (QED) is 0.463. The van der Waals surface area contributed by atoms with Gasteiger partial charge in [0.2, 0.25) is 5.91 Å². The van der Waals surface area contributed by atoms with Crippen molar-refractivity contribution in [2.45, 2.75) is 6.92 Å². The average molecular weight is 380 g/mol. The maximum atomic E-state index is 12.1. The Bertz CT molecular complexity index is 980. The lowest BCUT2D eigenvalue weighted by Crippen LogP contribution is -2.36. The second kappa shape index (κ2) is 7.83. The van der Waals surface area contributed by atoms with E-state index >= 15 is 0 Å².